The van der Waals surface area contributed by atoms with Gasteiger partial charge in [-0.15, -0.1) is 5.10 Å². The largest absolute Gasteiger partial charge is 0.386 e. The summed E-state index contributed by atoms with van der Waals surface area (Å²) in [5.74, 6) is 0.173. The highest BCUT2D eigenvalue weighted by Crippen LogP contribution is 2.34. The standard InChI is InChI=1S/C10H17N3O2/c1-3-9-7(4-5-15-9)10(14)8-6-11-12-13(8)2/h6-7,9-10,14H,3-5H2,1-2H3. The average molecular weight is 211 g/mol. The van der Waals surface area contributed by atoms with E-state index in [4.69, 9.17) is 4.74 Å². The zero-order valence-electron chi connectivity index (χ0n) is 9.13. The first-order valence-electron chi connectivity index (χ1n) is 5.38. The van der Waals surface area contributed by atoms with Crippen LogP contribution in [0.4, 0.5) is 0 Å². The van der Waals surface area contributed by atoms with Gasteiger partial charge in [-0.3, -0.25) is 0 Å². The third-order valence-corrected chi connectivity index (χ3v) is 3.12. The van der Waals surface area contributed by atoms with Crippen LogP contribution < -0.4 is 0 Å². The van der Waals surface area contributed by atoms with Gasteiger partial charge in [0.05, 0.1) is 18.0 Å². The third kappa shape index (κ3) is 1.89. The van der Waals surface area contributed by atoms with Crippen LogP contribution in [0.2, 0.25) is 0 Å². The molecule has 0 aliphatic carbocycles. The van der Waals surface area contributed by atoms with Crippen LogP contribution in [0.25, 0.3) is 0 Å². The van der Waals surface area contributed by atoms with Gasteiger partial charge in [-0.2, -0.15) is 0 Å². The minimum Gasteiger partial charge on any atom is -0.386 e. The predicted octanol–water partition coefficient (Wildman–Crippen LogP) is 0.664. The molecule has 2 rings (SSSR count). The Morgan fingerprint density at radius 3 is 3.13 bits per heavy atom. The molecule has 0 aromatic carbocycles. The van der Waals surface area contributed by atoms with Crippen LogP contribution >= 0.6 is 0 Å². The van der Waals surface area contributed by atoms with Gasteiger partial charge >= 0.3 is 0 Å². The molecule has 0 bridgehead atoms. The van der Waals surface area contributed by atoms with Crippen molar-refractivity contribution in [2.24, 2.45) is 13.0 Å². The van der Waals surface area contributed by atoms with Gasteiger partial charge in [0.2, 0.25) is 0 Å². The molecule has 0 spiro atoms. The lowest BCUT2D eigenvalue weighted by Crippen LogP contribution is -2.23. The second-order valence-corrected chi connectivity index (χ2v) is 4.00. The number of rotatable bonds is 3. The highest BCUT2D eigenvalue weighted by Gasteiger charge is 2.34. The van der Waals surface area contributed by atoms with Crippen molar-refractivity contribution in [2.45, 2.75) is 32.0 Å². The fourth-order valence-electron chi connectivity index (χ4n) is 2.23. The van der Waals surface area contributed by atoms with E-state index in [1.54, 1.807) is 17.9 Å². The minimum atomic E-state index is -0.516. The first-order valence-corrected chi connectivity index (χ1v) is 5.38. The van der Waals surface area contributed by atoms with E-state index < -0.39 is 6.10 Å². The third-order valence-electron chi connectivity index (χ3n) is 3.12. The SMILES string of the molecule is CCC1OCCC1C(O)c1cnnn1C. The van der Waals surface area contributed by atoms with Crippen molar-refractivity contribution in [1.29, 1.82) is 0 Å². The van der Waals surface area contributed by atoms with Gasteiger partial charge in [-0.25, -0.2) is 4.68 Å². The monoisotopic (exact) mass is 211 g/mol. The van der Waals surface area contributed by atoms with Crippen LogP contribution in [0.1, 0.15) is 31.6 Å². The summed E-state index contributed by atoms with van der Waals surface area (Å²) in [4.78, 5) is 0. The van der Waals surface area contributed by atoms with Crippen LogP contribution in [-0.4, -0.2) is 32.8 Å². The summed E-state index contributed by atoms with van der Waals surface area (Å²) < 4.78 is 7.18. The molecule has 1 fully saturated rings. The van der Waals surface area contributed by atoms with Crippen molar-refractivity contribution in [3.05, 3.63) is 11.9 Å². The molecule has 1 aromatic rings. The highest BCUT2D eigenvalue weighted by molar-refractivity contribution is 5.02. The van der Waals surface area contributed by atoms with E-state index in [0.717, 1.165) is 25.1 Å². The van der Waals surface area contributed by atoms with E-state index >= 15 is 0 Å². The van der Waals surface area contributed by atoms with E-state index in [1.165, 1.54) is 0 Å². The minimum absolute atomic E-state index is 0.162. The van der Waals surface area contributed by atoms with Gasteiger partial charge in [-0.1, -0.05) is 12.1 Å². The summed E-state index contributed by atoms with van der Waals surface area (Å²) in [7, 11) is 1.79. The van der Waals surface area contributed by atoms with Gasteiger partial charge in [-0.05, 0) is 12.8 Å². The van der Waals surface area contributed by atoms with E-state index in [-0.39, 0.29) is 12.0 Å². The molecule has 3 atom stereocenters. The summed E-state index contributed by atoms with van der Waals surface area (Å²) in [5.41, 5.74) is 0.768. The van der Waals surface area contributed by atoms with Crippen molar-refractivity contribution in [2.75, 3.05) is 6.61 Å². The topological polar surface area (TPSA) is 60.2 Å². The number of aryl methyl sites for hydroxylation is 1. The molecule has 1 aliphatic heterocycles. The molecule has 1 aromatic heterocycles. The Bertz CT molecular complexity index is 326. The number of hydrogen-bond acceptors (Lipinski definition) is 4. The Hall–Kier alpha value is -0.940. The van der Waals surface area contributed by atoms with Gasteiger partial charge in [0.1, 0.15) is 6.10 Å². The van der Waals surface area contributed by atoms with Crippen molar-refractivity contribution in [3.63, 3.8) is 0 Å². The van der Waals surface area contributed by atoms with Crippen molar-refractivity contribution in [3.8, 4) is 0 Å². The Morgan fingerprint density at radius 1 is 1.73 bits per heavy atom. The molecule has 3 unspecified atom stereocenters. The summed E-state index contributed by atoms with van der Waals surface area (Å²) in [6.45, 7) is 2.82. The summed E-state index contributed by atoms with van der Waals surface area (Å²) in [6.07, 6.45) is 3.11. The lowest BCUT2D eigenvalue weighted by Gasteiger charge is -2.22. The Morgan fingerprint density at radius 2 is 2.53 bits per heavy atom. The fourth-order valence-corrected chi connectivity index (χ4v) is 2.23. The summed E-state index contributed by atoms with van der Waals surface area (Å²) in [6, 6.07) is 0. The first-order chi connectivity index (χ1) is 7.24. The summed E-state index contributed by atoms with van der Waals surface area (Å²) >= 11 is 0. The molecule has 1 saturated heterocycles. The van der Waals surface area contributed by atoms with Crippen LogP contribution in [-0.2, 0) is 11.8 Å². The number of aliphatic hydroxyl groups is 1. The number of aliphatic hydroxyl groups excluding tert-OH is 1. The molecule has 1 aliphatic rings. The molecule has 0 saturated carbocycles. The molecule has 1 N–H and O–H groups in total. The van der Waals surface area contributed by atoms with Crippen LogP contribution in [0.15, 0.2) is 6.20 Å². The van der Waals surface area contributed by atoms with Gasteiger partial charge < -0.3 is 9.84 Å². The molecule has 0 amide bonds. The maximum atomic E-state index is 10.2. The van der Waals surface area contributed by atoms with E-state index in [0.29, 0.717) is 0 Å². The van der Waals surface area contributed by atoms with E-state index in [9.17, 15) is 5.11 Å². The Labute approximate surface area is 89.0 Å². The highest BCUT2D eigenvalue weighted by atomic mass is 16.5. The van der Waals surface area contributed by atoms with Crippen molar-refractivity contribution >= 4 is 0 Å². The molecule has 2 heterocycles. The van der Waals surface area contributed by atoms with E-state index in [2.05, 4.69) is 17.2 Å². The maximum absolute atomic E-state index is 10.2. The first kappa shape index (κ1) is 10.6. The second kappa shape index (κ2) is 4.28. The number of nitrogens with zero attached hydrogens (tertiary/aromatic N) is 3. The normalized spacial score (nSPS) is 28.2. The lowest BCUT2D eigenvalue weighted by atomic mass is 9.92. The smallest absolute Gasteiger partial charge is 0.103 e. The molecule has 5 nitrogen and oxygen atoms in total. The molecule has 84 valence electrons. The molecule has 15 heavy (non-hydrogen) atoms. The summed E-state index contributed by atoms with van der Waals surface area (Å²) in [5, 5.41) is 17.8. The zero-order valence-corrected chi connectivity index (χ0v) is 9.13. The maximum Gasteiger partial charge on any atom is 0.103 e. The second-order valence-electron chi connectivity index (χ2n) is 4.00. The fraction of sp³-hybridized carbons (Fsp3) is 0.800. The van der Waals surface area contributed by atoms with Gasteiger partial charge in [0.15, 0.2) is 0 Å². The van der Waals surface area contributed by atoms with Crippen LogP contribution in [0.5, 0.6) is 0 Å². The molecule has 0 radical (unpaired) electrons. The zero-order chi connectivity index (χ0) is 10.8. The molecule has 5 heteroatoms. The number of hydrogen-bond donors (Lipinski definition) is 1. The lowest BCUT2D eigenvalue weighted by molar-refractivity contribution is 0.0273. The predicted molar refractivity (Wildman–Crippen MR) is 54.1 cm³/mol. The number of aromatic nitrogens is 3. The van der Waals surface area contributed by atoms with Crippen molar-refractivity contribution < 1.29 is 9.84 Å². The molecular weight excluding hydrogens is 194 g/mol. The van der Waals surface area contributed by atoms with E-state index in [1.807, 2.05) is 0 Å². The average Bonchev–Trinajstić information content (AvgIpc) is 2.84. The van der Waals surface area contributed by atoms with Crippen LogP contribution in [0, 0.1) is 5.92 Å². The Kier molecular flexibility index (Phi) is 3.02. The Balaban J connectivity index is 2.13. The quantitative estimate of drug-likeness (QED) is 0.798. The van der Waals surface area contributed by atoms with Crippen LogP contribution in [0.3, 0.4) is 0 Å². The van der Waals surface area contributed by atoms with Gasteiger partial charge in [0, 0.05) is 19.6 Å². The molecular formula is C10H17N3O2. The number of ether oxygens (including phenoxy) is 1. The van der Waals surface area contributed by atoms with Gasteiger partial charge in [0.25, 0.3) is 0 Å². The van der Waals surface area contributed by atoms with Crippen molar-refractivity contribution in [1.82, 2.24) is 15.0 Å².